The van der Waals surface area contributed by atoms with Crippen LogP contribution in [-0.2, 0) is 9.53 Å². The third kappa shape index (κ3) is 4.53. The first-order valence-electron chi connectivity index (χ1n) is 7.64. The molecule has 0 atom stereocenters. The van der Waals surface area contributed by atoms with Gasteiger partial charge in [0.15, 0.2) is 0 Å². The number of anilines is 1. The van der Waals surface area contributed by atoms with Gasteiger partial charge in [0.05, 0.1) is 32.1 Å². The number of benzene rings is 1. The second-order valence-electron chi connectivity index (χ2n) is 5.82. The van der Waals surface area contributed by atoms with Crippen LogP contribution in [-0.4, -0.2) is 45.5 Å². The van der Waals surface area contributed by atoms with E-state index in [1.54, 1.807) is 12.3 Å². The number of hydrogen-bond acceptors (Lipinski definition) is 5. The lowest BCUT2D eigenvalue weighted by molar-refractivity contribution is -0.114. The summed E-state index contributed by atoms with van der Waals surface area (Å²) < 4.78 is 22.5. The summed E-state index contributed by atoms with van der Waals surface area (Å²) in [7, 11) is 2.73. The van der Waals surface area contributed by atoms with Crippen LogP contribution in [0.1, 0.15) is 29.6 Å². The number of aliphatic imine (C=N–C) groups is 1. The monoisotopic (exact) mass is 336 g/mol. The number of nitrogens with one attached hydrogen (secondary N) is 1. The highest BCUT2D eigenvalue weighted by atomic mass is 19.1. The fourth-order valence-corrected chi connectivity index (χ4v) is 2.20. The molecule has 0 bridgehead atoms. The normalized spacial score (nSPS) is 15.1. The topological polar surface area (TPSA) is 77.0 Å². The Hall–Kier alpha value is -2.44. The second kappa shape index (κ2) is 7.90. The molecule has 7 heteroatoms. The Kier molecular flexibility index (Phi) is 5.89. The smallest absolute Gasteiger partial charge is 0.337 e. The standard InChI is InChI=1S/C17H21FN2O4/c1-23-14-9-12(16(22)24-2)3-4-13(14)20-15(21)10-19-8-7-17(11-18)5-6-17/h3-4,8-9H,5-7,10-11H2,1-2H3,(H,20,21)/b19-8+. The predicted octanol–water partition coefficient (Wildman–Crippen LogP) is 2.63. The Morgan fingerprint density at radius 1 is 1.38 bits per heavy atom. The molecule has 0 unspecified atom stereocenters. The quantitative estimate of drug-likeness (QED) is 0.585. The Bertz CT molecular complexity index is 641. The van der Waals surface area contributed by atoms with Gasteiger partial charge in [-0.3, -0.25) is 14.2 Å². The van der Waals surface area contributed by atoms with Gasteiger partial charge in [0, 0.05) is 5.41 Å². The SMILES string of the molecule is COC(=O)c1ccc(NC(=O)C/N=C/CC2(CF)CC2)c(OC)c1. The predicted molar refractivity (Wildman–Crippen MR) is 88.6 cm³/mol. The van der Waals surface area contributed by atoms with Crippen LogP contribution >= 0.6 is 0 Å². The Morgan fingerprint density at radius 3 is 2.71 bits per heavy atom. The molecule has 1 fully saturated rings. The summed E-state index contributed by atoms with van der Waals surface area (Å²) in [6.07, 6.45) is 3.94. The largest absolute Gasteiger partial charge is 0.495 e. The molecule has 1 saturated carbocycles. The third-order valence-corrected chi connectivity index (χ3v) is 4.03. The molecule has 24 heavy (non-hydrogen) atoms. The summed E-state index contributed by atoms with van der Waals surface area (Å²) in [6.45, 7) is -0.390. The van der Waals surface area contributed by atoms with Gasteiger partial charge in [-0.15, -0.1) is 0 Å². The number of amides is 1. The van der Waals surface area contributed by atoms with Crippen LogP contribution in [0.2, 0.25) is 0 Å². The average Bonchev–Trinajstić information content (AvgIpc) is 3.39. The van der Waals surface area contributed by atoms with Crippen molar-refractivity contribution in [2.75, 3.05) is 32.8 Å². The highest BCUT2D eigenvalue weighted by Crippen LogP contribution is 2.48. The van der Waals surface area contributed by atoms with E-state index in [2.05, 4.69) is 15.0 Å². The Morgan fingerprint density at radius 2 is 2.12 bits per heavy atom. The number of carbonyl (C=O) groups excluding carboxylic acids is 2. The maximum Gasteiger partial charge on any atom is 0.337 e. The number of methoxy groups -OCH3 is 2. The van der Waals surface area contributed by atoms with Crippen molar-refractivity contribution >= 4 is 23.8 Å². The molecule has 1 aromatic rings. The summed E-state index contributed by atoms with van der Waals surface area (Å²) in [4.78, 5) is 27.4. The molecule has 1 aliphatic rings. The summed E-state index contributed by atoms with van der Waals surface area (Å²) in [6, 6.07) is 4.59. The van der Waals surface area contributed by atoms with E-state index >= 15 is 0 Å². The van der Waals surface area contributed by atoms with E-state index in [1.807, 2.05) is 0 Å². The summed E-state index contributed by atoms with van der Waals surface area (Å²) >= 11 is 0. The van der Waals surface area contributed by atoms with Gasteiger partial charge in [-0.25, -0.2) is 4.79 Å². The van der Waals surface area contributed by atoms with Crippen LogP contribution in [0.5, 0.6) is 5.75 Å². The minimum Gasteiger partial charge on any atom is -0.495 e. The van der Waals surface area contributed by atoms with Gasteiger partial charge in [0.1, 0.15) is 12.3 Å². The van der Waals surface area contributed by atoms with Gasteiger partial charge in [0.25, 0.3) is 0 Å². The van der Waals surface area contributed by atoms with Crippen molar-refractivity contribution in [1.29, 1.82) is 0 Å². The summed E-state index contributed by atoms with van der Waals surface area (Å²) in [5, 5.41) is 2.67. The van der Waals surface area contributed by atoms with Crippen molar-refractivity contribution in [3.8, 4) is 5.75 Å². The van der Waals surface area contributed by atoms with Crippen LogP contribution < -0.4 is 10.1 Å². The minimum absolute atomic E-state index is 0.0513. The zero-order chi connectivity index (χ0) is 17.6. The second-order valence-corrected chi connectivity index (χ2v) is 5.82. The fourth-order valence-electron chi connectivity index (χ4n) is 2.20. The van der Waals surface area contributed by atoms with Crippen LogP contribution in [0, 0.1) is 5.41 Å². The number of alkyl halides is 1. The van der Waals surface area contributed by atoms with Gasteiger partial charge in [-0.1, -0.05) is 0 Å². The highest BCUT2D eigenvalue weighted by Gasteiger charge is 2.41. The molecule has 0 spiro atoms. The molecule has 0 heterocycles. The van der Waals surface area contributed by atoms with E-state index in [9.17, 15) is 14.0 Å². The number of halogens is 1. The van der Waals surface area contributed by atoms with E-state index in [4.69, 9.17) is 4.74 Å². The maximum absolute atomic E-state index is 12.7. The number of hydrogen-bond donors (Lipinski definition) is 1. The first-order valence-corrected chi connectivity index (χ1v) is 7.64. The molecule has 6 nitrogen and oxygen atoms in total. The molecule has 0 aromatic heterocycles. The molecular formula is C17H21FN2O4. The van der Waals surface area contributed by atoms with E-state index in [0.717, 1.165) is 12.8 Å². The zero-order valence-corrected chi connectivity index (χ0v) is 13.8. The van der Waals surface area contributed by atoms with Crippen LogP contribution in [0.4, 0.5) is 10.1 Å². The summed E-state index contributed by atoms with van der Waals surface area (Å²) in [5.41, 5.74) is 0.534. The third-order valence-electron chi connectivity index (χ3n) is 4.03. The fraction of sp³-hybridized carbons (Fsp3) is 0.471. The van der Waals surface area contributed by atoms with Crippen LogP contribution in [0.15, 0.2) is 23.2 Å². The lowest BCUT2D eigenvalue weighted by atomic mass is 10.1. The summed E-state index contributed by atoms with van der Waals surface area (Å²) in [5.74, 6) is -0.456. The maximum atomic E-state index is 12.7. The molecule has 130 valence electrons. The molecule has 0 saturated heterocycles. The number of ether oxygens (including phenoxy) is 2. The van der Waals surface area contributed by atoms with Gasteiger partial charge < -0.3 is 14.8 Å². The Balaban J connectivity index is 1.91. The van der Waals surface area contributed by atoms with E-state index in [0.29, 0.717) is 23.4 Å². The van der Waals surface area contributed by atoms with Crippen molar-refractivity contribution < 1.29 is 23.5 Å². The molecular weight excluding hydrogens is 315 g/mol. The lowest BCUT2D eigenvalue weighted by Crippen LogP contribution is -2.16. The van der Waals surface area contributed by atoms with Crippen LogP contribution in [0.3, 0.4) is 0 Å². The van der Waals surface area contributed by atoms with E-state index < -0.39 is 5.97 Å². The molecule has 1 N–H and O–H groups in total. The van der Waals surface area contributed by atoms with Gasteiger partial charge in [-0.2, -0.15) is 0 Å². The van der Waals surface area contributed by atoms with Crippen molar-refractivity contribution in [3.05, 3.63) is 23.8 Å². The van der Waals surface area contributed by atoms with Crippen molar-refractivity contribution in [2.24, 2.45) is 10.4 Å². The molecule has 2 rings (SSSR count). The zero-order valence-electron chi connectivity index (χ0n) is 13.8. The molecule has 1 aromatic carbocycles. The number of esters is 1. The number of nitrogens with zero attached hydrogens (tertiary/aromatic N) is 1. The average molecular weight is 336 g/mol. The minimum atomic E-state index is -0.488. The molecule has 0 radical (unpaired) electrons. The first kappa shape index (κ1) is 17.9. The molecule has 1 amide bonds. The lowest BCUT2D eigenvalue weighted by Gasteiger charge is -2.11. The first-order chi connectivity index (χ1) is 11.5. The number of rotatable bonds is 8. The van der Waals surface area contributed by atoms with Crippen molar-refractivity contribution in [3.63, 3.8) is 0 Å². The molecule has 1 aliphatic carbocycles. The van der Waals surface area contributed by atoms with Gasteiger partial charge >= 0.3 is 5.97 Å². The van der Waals surface area contributed by atoms with Gasteiger partial charge in [0.2, 0.25) is 5.91 Å². The van der Waals surface area contributed by atoms with E-state index in [1.165, 1.54) is 26.4 Å². The Labute approximate surface area is 140 Å². The van der Waals surface area contributed by atoms with E-state index in [-0.39, 0.29) is 24.5 Å². The van der Waals surface area contributed by atoms with Crippen molar-refractivity contribution in [2.45, 2.75) is 19.3 Å². The molecule has 0 aliphatic heterocycles. The number of carbonyl (C=O) groups is 2. The van der Waals surface area contributed by atoms with Crippen molar-refractivity contribution in [1.82, 2.24) is 0 Å². The van der Waals surface area contributed by atoms with Crippen LogP contribution in [0.25, 0.3) is 0 Å². The highest BCUT2D eigenvalue weighted by molar-refractivity contribution is 5.96. The van der Waals surface area contributed by atoms with Gasteiger partial charge in [-0.05, 0) is 43.7 Å².